The Bertz CT molecular complexity index is 465. The van der Waals surface area contributed by atoms with E-state index in [1.165, 1.54) is 0 Å². The summed E-state index contributed by atoms with van der Waals surface area (Å²) in [5.74, 6) is 0.515. The second kappa shape index (κ2) is 4.63. The molecule has 0 spiro atoms. The Labute approximate surface area is 94.3 Å². The lowest BCUT2D eigenvalue weighted by molar-refractivity contribution is 1.07. The van der Waals surface area contributed by atoms with E-state index in [0.717, 1.165) is 16.9 Å². The third-order valence-corrected chi connectivity index (χ3v) is 2.24. The second-order valence-electron chi connectivity index (χ2n) is 3.50. The van der Waals surface area contributed by atoms with Gasteiger partial charge in [0.1, 0.15) is 5.82 Å². The molecule has 1 aromatic heterocycles. The first-order valence-electron chi connectivity index (χ1n) is 5.05. The van der Waals surface area contributed by atoms with Gasteiger partial charge in [-0.2, -0.15) is 0 Å². The highest BCUT2D eigenvalue weighted by molar-refractivity contribution is 5.60. The first-order chi connectivity index (χ1) is 7.78. The van der Waals surface area contributed by atoms with E-state index in [4.69, 9.17) is 11.5 Å². The molecule has 0 saturated heterocycles. The van der Waals surface area contributed by atoms with Gasteiger partial charge in [0.2, 0.25) is 0 Å². The lowest BCUT2D eigenvalue weighted by atomic mass is 10.2. The molecule has 5 N–H and O–H groups in total. The Morgan fingerprint density at radius 1 is 1.12 bits per heavy atom. The number of nitrogen functional groups attached to an aromatic ring is 1. The van der Waals surface area contributed by atoms with E-state index in [9.17, 15) is 0 Å². The van der Waals surface area contributed by atoms with E-state index in [-0.39, 0.29) is 0 Å². The van der Waals surface area contributed by atoms with Crippen LogP contribution in [0.1, 0.15) is 5.56 Å². The maximum atomic E-state index is 5.58. The zero-order valence-electron chi connectivity index (χ0n) is 8.85. The molecule has 0 saturated carbocycles. The van der Waals surface area contributed by atoms with E-state index in [1.807, 2.05) is 30.3 Å². The smallest absolute Gasteiger partial charge is 0.123 e. The van der Waals surface area contributed by atoms with Gasteiger partial charge in [-0.25, -0.2) is 4.98 Å². The lowest BCUT2D eigenvalue weighted by Crippen LogP contribution is -1.98. The molecule has 1 heterocycles. The van der Waals surface area contributed by atoms with Crippen LogP contribution in [0.15, 0.2) is 42.6 Å². The summed E-state index contributed by atoms with van der Waals surface area (Å²) < 4.78 is 0. The van der Waals surface area contributed by atoms with E-state index in [0.29, 0.717) is 12.4 Å². The fraction of sp³-hybridized carbons (Fsp3) is 0.0833. The average Bonchev–Trinajstić information content (AvgIpc) is 2.32. The first kappa shape index (κ1) is 10.4. The Balaban J connectivity index is 2.16. The predicted octanol–water partition coefficient (Wildman–Crippen LogP) is 1.87. The number of benzene rings is 1. The molecule has 4 nitrogen and oxygen atoms in total. The molecule has 0 fully saturated rings. The summed E-state index contributed by atoms with van der Waals surface area (Å²) in [6.07, 6.45) is 1.70. The second-order valence-corrected chi connectivity index (χ2v) is 3.50. The number of hydrogen-bond donors (Lipinski definition) is 3. The summed E-state index contributed by atoms with van der Waals surface area (Å²) in [7, 11) is 0. The highest BCUT2D eigenvalue weighted by Gasteiger charge is 1.96. The number of aromatic nitrogens is 1. The van der Waals surface area contributed by atoms with Crippen molar-refractivity contribution in [2.75, 3.05) is 11.1 Å². The van der Waals surface area contributed by atoms with Gasteiger partial charge in [-0.05, 0) is 29.8 Å². The van der Waals surface area contributed by atoms with Crippen LogP contribution in [-0.2, 0) is 6.54 Å². The third-order valence-electron chi connectivity index (χ3n) is 2.24. The number of nitrogens with one attached hydrogen (secondary N) is 1. The molecule has 4 heteroatoms. The van der Waals surface area contributed by atoms with Crippen molar-refractivity contribution >= 4 is 17.2 Å². The van der Waals surface area contributed by atoms with Gasteiger partial charge in [-0.15, -0.1) is 0 Å². The largest absolute Gasteiger partial charge is 0.384 e. The fourth-order valence-electron chi connectivity index (χ4n) is 1.42. The van der Waals surface area contributed by atoms with Gasteiger partial charge in [-0.1, -0.05) is 12.1 Å². The summed E-state index contributed by atoms with van der Waals surface area (Å²) >= 11 is 0. The van der Waals surface area contributed by atoms with Crippen LogP contribution >= 0.6 is 0 Å². The van der Waals surface area contributed by atoms with Crippen molar-refractivity contribution < 1.29 is 0 Å². The van der Waals surface area contributed by atoms with Gasteiger partial charge in [-0.3, -0.25) is 0 Å². The van der Waals surface area contributed by atoms with Crippen LogP contribution in [0.4, 0.5) is 17.2 Å². The number of rotatable bonds is 3. The molecule has 0 aliphatic carbocycles. The summed E-state index contributed by atoms with van der Waals surface area (Å²) in [5.41, 5.74) is 14.1. The number of hydrogen-bond acceptors (Lipinski definition) is 4. The van der Waals surface area contributed by atoms with E-state index >= 15 is 0 Å². The lowest BCUT2D eigenvalue weighted by Gasteiger charge is -2.07. The van der Waals surface area contributed by atoms with E-state index in [2.05, 4.69) is 10.3 Å². The molecule has 1 aromatic carbocycles. The highest BCUT2D eigenvalue weighted by atomic mass is 14.9. The summed E-state index contributed by atoms with van der Waals surface area (Å²) in [6.45, 7) is 0.537. The number of anilines is 3. The molecule has 16 heavy (non-hydrogen) atoms. The van der Waals surface area contributed by atoms with Gasteiger partial charge >= 0.3 is 0 Å². The molecule has 0 bridgehead atoms. The van der Waals surface area contributed by atoms with Gasteiger partial charge in [0, 0.05) is 12.2 Å². The zero-order valence-corrected chi connectivity index (χ0v) is 8.85. The minimum atomic E-state index is 0.515. The highest BCUT2D eigenvalue weighted by Crippen LogP contribution is 2.17. The Hall–Kier alpha value is -2.07. The maximum Gasteiger partial charge on any atom is 0.123 e. The van der Waals surface area contributed by atoms with Gasteiger partial charge in [0.25, 0.3) is 0 Å². The minimum absolute atomic E-state index is 0.515. The number of nitrogens with zero attached hydrogens (tertiary/aromatic N) is 1. The van der Waals surface area contributed by atoms with Crippen molar-refractivity contribution in [2.45, 2.75) is 6.54 Å². The van der Waals surface area contributed by atoms with Gasteiger partial charge < -0.3 is 16.8 Å². The normalized spacial score (nSPS) is 10.1. The van der Waals surface area contributed by atoms with Crippen LogP contribution < -0.4 is 16.8 Å². The standard InChI is InChI=1S/C12H14N4/c13-7-9-2-1-3-10(6-9)16-11-4-5-12(14)15-8-11/h1-6,8,16H,7,13H2,(H2,14,15). The molecule has 0 aliphatic rings. The van der Waals surface area contributed by atoms with Crippen molar-refractivity contribution in [1.82, 2.24) is 4.98 Å². The topological polar surface area (TPSA) is 77.0 Å². The minimum Gasteiger partial charge on any atom is -0.384 e. The first-order valence-corrected chi connectivity index (χ1v) is 5.05. The van der Waals surface area contributed by atoms with Crippen molar-refractivity contribution in [3.8, 4) is 0 Å². The molecule has 0 radical (unpaired) electrons. The van der Waals surface area contributed by atoms with Crippen LogP contribution in [0.25, 0.3) is 0 Å². The molecule has 82 valence electrons. The van der Waals surface area contributed by atoms with Crippen LogP contribution in [0.2, 0.25) is 0 Å². The van der Waals surface area contributed by atoms with Gasteiger partial charge in [0.05, 0.1) is 11.9 Å². The quantitative estimate of drug-likeness (QED) is 0.729. The maximum absolute atomic E-state index is 5.58. The summed E-state index contributed by atoms with van der Waals surface area (Å²) in [6, 6.07) is 11.6. The van der Waals surface area contributed by atoms with Crippen LogP contribution in [-0.4, -0.2) is 4.98 Å². The number of pyridine rings is 1. The molecule has 0 atom stereocenters. The predicted molar refractivity (Wildman–Crippen MR) is 66.3 cm³/mol. The molecule has 2 aromatic rings. The van der Waals surface area contributed by atoms with Crippen molar-refractivity contribution in [3.05, 3.63) is 48.2 Å². The fourth-order valence-corrected chi connectivity index (χ4v) is 1.42. The molecule has 0 aliphatic heterocycles. The monoisotopic (exact) mass is 214 g/mol. The van der Waals surface area contributed by atoms with Gasteiger partial charge in [0.15, 0.2) is 0 Å². The molecule has 0 unspecified atom stereocenters. The average molecular weight is 214 g/mol. The zero-order chi connectivity index (χ0) is 11.4. The molecular weight excluding hydrogens is 200 g/mol. The van der Waals surface area contributed by atoms with Crippen LogP contribution in [0, 0.1) is 0 Å². The van der Waals surface area contributed by atoms with Crippen molar-refractivity contribution in [3.63, 3.8) is 0 Å². The van der Waals surface area contributed by atoms with Crippen molar-refractivity contribution in [2.24, 2.45) is 5.73 Å². The molecule has 0 amide bonds. The Morgan fingerprint density at radius 3 is 2.69 bits per heavy atom. The van der Waals surface area contributed by atoms with Crippen LogP contribution in [0.5, 0.6) is 0 Å². The Kier molecular flexibility index (Phi) is 3.03. The summed E-state index contributed by atoms with van der Waals surface area (Å²) in [5, 5.41) is 3.23. The van der Waals surface area contributed by atoms with Crippen molar-refractivity contribution in [1.29, 1.82) is 0 Å². The Morgan fingerprint density at radius 2 is 2.00 bits per heavy atom. The summed E-state index contributed by atoms with van der Waals surface area (Å²) in [4.78, 5) is 4.01. The molecule has 2 rings (SSSR count). The molecular formula is C12H14N4. The number of nitrogens with two attached hydrogens (primary N) is 2. The van der Waals surface area contributed by atoms with E-state index < -0.39 is 0 Å². The SMILES string of the molecule is NCc1cccc(Nc2ccc(N)nc2)c1. The van der Waals surface area contributed by atoms with Crippen LogP contribution in [0.3, 0.4) is 0 Å². The third kappa shape index (κ3) is 2.49. The van der Waals surface area contributed by atoms with E-state index in [1.54, 1.807) is 12.3 Å².